The second kappa shape index (κ2) is 5.34. The molecule has 0 aromatic carbocycles. The minimum absolute atomic E-state index is 0.466. The third-order valence-electron chi connectivity index (χ3n) is 2.86. The van der Waals surface area contributed by atoms with E-state index in [1.807, 2.05) is 12.1 Å². The molecule has 0 bridgehead atoms. The normalized spacial score (nSPS) is 16.2. The molecule has 0 amide bonds. The van der Waals surface area contributed by atoms with Crippen molar-refractivity contribution in [2.75, 3.05) is 37.6 Å². The van der Waals surface area contributed by atoms with Gasteiger partial charge < -0.3 is 4.90 Å². The second-order valence-electron chi connectivity index (χ2n) is 3.96. The van der Waals surface area contributed by atoms with E-state index >= 15 is 0 Å². The highest BCUT2D eigenvalue weighted by Crippen LogP contribution is 2.13. The van der Waals surface area contributed by atoms with Gasteiger partial charge in [-0.2, -0.15) is 5.26 Å². The summed E-state index contributed by atoms with van der Waals surface area (Å²) in [5, 5.41) is 8.81. The summed E-state index contributed by atoms with van der Waals surface area (Å²) in [6.45, 7) is 4.41. The highest BCUT2D eigenvalue weighted by atomic mass is 15.3. The van der Waals surface area contributed by atoms with Gasteiger partial charge in [0.15, 0.2) is 0 Å². The molecule has 0 unspecified atom stereocenters. The van der Waals surface area contributed by atoms with Gasteiger partial charge in [-0.15, -0.1) is 6.42 Å². The van der Waals surface area contributed by atoms with E-state index in [0.29, 0.717) is 12.2 Å². The Morgan fingerprint density at radius 3 is 2.71 bits per heavy atom. The first-order valence-electron chi connectivity index (χ1n) is 5.61. The average Bonchev–Trinajstić information content (AvgIpc) is 2.40. The summed E-state index contributed by atoms with van der Waals surface area (Å²) < 4.78 is 0. The SMILES string of the molecule is C#CCN1CCN(c2cccc(C#N)n2)CC1. The van der Waals surface area contributed by atoms with Gasteiger partial charge >= 0.3 is 0 Å². The monoisotopic (exact) mass is 226 g/mol. The molecule has 1 fully saturated rings. The quantitative estimate of drug-likeness (QED) is 0.697. The molecule has 1 saturated heterocycles. The van der Waals surface area contributed by atoms with Gasteiger partial charge in [-0.1, -0.05) is 12.0 Å². The zero-order valence-corrected chi connectivity index (χ0v) is 9.63. The first-order chi connectivity index (χ1) is 8.33. The number of anilines is 1. The molecule has 0 spiro atoms. The first-order valence-corrected chi connectivity index (χ1v) is 5.61. The fraction of sp³-hybridized carbons (Fsp3) is 0.385. The molecular formula is C13H14N4. The molecule has 2 rings (SSSR count). The molecule has 86 valence electrons. The van der Waals surface area contributed by atoms with E-state index in [1.165, 1.54) is 0 Å². The van der Waals surface area contributed by atoms with Crippen LogP contribution in [0.15, 0.2) is 18.2 Å². The van der Waals surface area contributed by atoms with Crippen molar-refractivity contribution >= 4 is 5.82 Å². The second-order valence-corrected chi connectivity index (χ2v) is 3.96. The molecule has 0 aliphatic carbocycles. The summed E-state index contributed by atoms with van der Waals surface area (Å²) in [7, 11) is 0. The number of piperazine rings is 1. The van der Waals surface area contributed by atoms with E-state index in [-0.39, 0.29) is 0 Å². The molecule has 0 saturated carbocycles. The maximum atomic E-state index is 8.81. The number of pyridine rings is 1. The summed E-state index contributed by atoms with van der Waals surface area (Å²) in [5.74, 6) is 3.54. The fourth-order valence-corrected chi connectivity index (χ4v) is 1.93. The van der Waals surface area contributed by atoms with Crippen LogP contribution in [0.3, 0.4) is 0 Å². The number of nitrogens with zero attached hydrogens (tertiary/aromatic N) is 4. The molecule has 17 heavy (non-hydrogen) atoms. The lowest BCUT2D eigenvalue weighted by Crippen LogP contribution is -2.46. The Bertz CT molecular complexity index is 461. The minimum atomic E-state index is 0.466. The van der Waals surface area contributed by atoms with Gasteiger partial charge in [-0.3, -0.25) is 4.90 Å². The molecule has 0 N–H and O–H groups in total. The Hall–Kier alpha value is -2.04. The van der Waals surface area contributed by atoms with E-state index in [2.05, 4.69) is 26.8 Å². The molecular weight excluding hydrogens is 212 g/mol. The lowest BCUT2D eigenvalue weighted by Gasteiger charge is -2.34. The third-order valence-corrected chi connectivity index (χ3v) is 2.86. The maximum Gasteiger partial charge on any atom is 0.142 e. The molecule has 0 atom stereocenters. The minimum Gasteiger partial charge on any atom is -0.354 e. The van der Waals surface area contributed by atoms with E-state index in [9.17, 15) is 0 Å². The third kappa shape index (κ3) is 2.75. The number of terminal acetylenes is 1. The molecule has 1 aliphatic heterocycles. The van der Waals surface area contributed by atoms with Gasteiger partial charge in [-0.25, -0.2) is 4.98 Å². The van der Waals surface area contributed by atoms with Crippen LogP contribution in [-0.2, 0) is 0 Å². The average molecular weight is 226 g/mol. The predicted molar refractivity (Wildman–Crippen MR) is 66.4 cm³/mol. The van der Waals surface area contributed by atoms with Crippen LogP contribution in [-0.4, -0.2) is 42.6 Å². The predicted octanol–water partition coefficient (Wildman–Crippen LogP) is 0.708. The van der Waals surface area contributed by atoms with Gasteiger partial charge in [-0.05, 0) is 12.1 Å². The Labute approximate surface area is 101 Å². The van der Waals surface area contributed by atoms with Crippen LogP contribution in [0.25, 0.3) is 0 Å². The Kier molecular flexibility index (Phi) is 3.59. The largest absolute Gasteiger partial charge is 0.354 e. The number of hydrogen-bond donors (Lipinski definition) is 0. The van der Waals surface area contributed by atoms with E-state index in [4.69, 9.17) is 11.7 Å². The summed E-state index contributed by atoms with van der Waals surface area (Å²) in [4.78, 5) is 8.72. The van der Waals surface area contributed by atoms with Crippen molar-refractivity contribution in [3.05, 3.63) is 23.9 Å². The van der Waals surface area contributed by atoms with Crippen molar-refractivity contribution in [2.45, 2.75) is 0 Å². The lowest BCUT2D eigenvalue weighted by molar-refractivity contribution is 0.287. The van der Waals surface area contributed by atoms with Crippen LogP contribution in [0.1, 0.15) is 5.69 Å². The van der Waals surface area contributed by atoms with Crippen LogP contribution < -0.4 is 4.90 Å². The maximum absolute atomic E-state index is 8.81. The highest BCUT2D eigenvalue weighted by Gasteiger charge is 2.17. The van der Waals surface area contributed by atoms with Crippen LogP contribution in [0.2, 0.25) is 0 Å². The van der Waals surface area contributed by atoms with Crippen molar-refractivity contribution in [1.82, 2.24) is 9.88 Å². The summed E-state index contributed by atoms with van der Waals surface area (Å²) in [6, 6.07) is 7.59. The molecule has 2 heterocycles. The zero-order chi connectivity index (χ0) is 12.1. The van der Waals surface area contributed by atoms with Crippen LogP contribution in [0.5, 0.6) is 0 Å². The van der Waals surface area contributed by atoms with Crippen molar-refractivity contribution in [1.29, 1.82) is 5.26 Å². The molecule has 4 nitrogen and oxygen atoms in total. The number of rotatable bonds is 2. The summed E-state index contributed by atoms with van der Waals surface area (Å²) >= 11 is 0. The highest BCUT2D eigenvalue weighted by molar-refractivity contribution is 5.42. The van der Waals surface area contributed by atoms with Gasteiger partial charge in [0.1, 0.15) is 17.6 Å². The van der Waals surface area contributed by atoms with Crippen molar-refractivity contribution in [2.24, 2.45) is 0 Å². The summed E-state index contributed by atoms with van der Waals surface area (Å²) in [6.07, 6.45) is 5.29. The zero-order valence-electron chi connectivity index (χ0n) is 9.63. The van der Waals surface area contributed by atoms with Crippen LogP contribution in [0, 0.1) is 23.7 Å². The number of aromatic nitrogens is 1. The van der Waals surface area contributed by atoms with E-state index < -0.39 is 0 Å². The Morgan fingerprint density at radius 1 is 1.29 bits per heavy atom. The topological polar surface area (TPSA) is 43.2 Å². The number of nitriles is 1. The van der Waals surface area contributed by atoms with Gasteiger partial charge in [0.05, 0.1) is 6.54 Å². The summed E-state index contributed by atoms with van der Waals surface area (Å²) in [5.41, 5.74) is 0.466. The van der Waals surface area contributed by atoms with Crippen molar-refractivity contribution in [3.63, 3.8) is 0 Å². The number of hydrogen-bond acceptors (Lipinski definition) is 4. The van der Waals surface area contributed by atoms with E-state index in [0.717, 1.165) is 32.0 Å². The van der Waals surface area contributed by atoms with Crippen molar-refractivity contribution in [3.8, 4) is 18.4 Å². The van der Waals surface area contributed by atoms with Crippen molar-refractivity contribution < 1.29 is 0 Å². The lowest BCUT2D eigenvalue weighted by atomic mass is 10.3. The smallest absolute Gasteiger partial charge is 0.142 e. The molecule has 0 radical (unpaired) electrons. The van der Waals surface area contributed by atoms with Crippen LogP contribution in [0.4, 0.5) is 5.82 Å². The standard InChI is InChI=1S/C13H14N4/c1-2-6-16-7-9-17(10-8-16)13-5-3-4-12(11-14)15-13/h1,3-5H,6-10H2. The van der Waals surface area contributed by atoms with E-state index in [1.54, 1.807) is 6.07 Å². The molecule has 1 aromatic heterocycles. The van der Waals surface area contributed by atoms with Gasteiger partial charge in [0, 0.05) is 26.2 Å². The molecule has 1 aromatic rings. The Balaban J connectivity index is 2.01. The molecule has 1 aliphatic rings. The first kappa shape index (κ1) is 11.4. The molecule has 4 heteroatoms. The Morgan fingerprint density at radius 2 is 2.06 bits per heavy atom. The van der Waals surface area contributed by atoms with Gasteiger partial charge in [0.25, 0.3) is 0 Å². The fourth-order valence-electron chi connectivity index (χ4n) is 1.93. The van der Waals surface area contributed by atoms with Crippen LogP contribution >= 0.6 is 0 Å². The van der Waals surface area contributed by atoms with Gasteiger partial charge in [0.2, 0.25) is 0 Å².